The molecule has 0 spiro atoms. The summed E-state index contributed by atoms with van der Waals surface area (Å²) in [5.74, 6) is 0.786. The monoisotopic (exact) mass is 293 g/mol. The van der Waals surface area contributed by atoms with Crippen LogP contribution in [-0.2, 0) is 9.53 Å². The van der Waals surface area contributed by atoms with Gasteiger partial charge in [0.15, 0.2) is 0 Å². The van der Waals surface area contributed by atoms with Crippen molar-refractivity contribution in [2.24, 2.45) is 5.92 Å². The SMILES string of the molecule is CCOC1CC(CC(=O)N2CCN(C(C#N)CC)CC2)C1. The third kappa shape index (κ3) is 4.18. The van der Waals surface area contributed by atoms with Crippen molar-refractivity contribution in [3.8, 4) is 6.07 Å². The number of nitriles is 1. The van der Waals surface area contributed by atoms with Gasteiger partial charge in [-0.2, -0.15) is 5.26 Å². The van der Waals surface area contributed by atoms with Crippen molar-refractivity contribution in [2.45, 2.75) is 51.7 Å². The van der Waals surface area contributed by atoms with E-state index >= 15 is 0 Å². The first kappa shape index (κ1) is 16.3. The predicted octanol–water partition coefficient (Wildman–Crippen LogP) is 1.64. The number of carbonyl (C=O) groups excluding carboxylic acids is 1. The molecular formula is C16H27N3O2. The van der Waals surface area contributed by atoms with Crippen LogP contribution in [0.25, 0.3) is 0 Å². The minimum atomic E-state index is 0.000773. The minimum absolute atomic E-state index is 0.000773. The van der Waals surface area contributed by atoms with Gasteiger partial charge in [-0.1, -0.05) is 6.92 Å². The van der Waals surface area contributed by atoms with Crippen LogP contribution in [0.4, 0.5) is 0 Å². The zero-order valence-corrected chi connectivity index (χ0v) is 13.3. The van der Waals surface area contributed by atoms with E-state index in [1.165, 1.54) is 0 Å². The number of hydrogen-bond acceptors (Lipinski definition) is 4. The standard InChI is InChI=1S/C16H27N3O2/c1-3-14(12-17)18-5-7-19(8-6-18)16(20)11-13-9-15(10-13)21-4-2/h13-15H,3-11H2,1-2H3. The topological polar surface area (TPSA) is 56.6 Å². The molecule has 0 N–H and O–H groups in total. The van der Waals surface area contributed by atoms with Crippen LogP contribution in [0.3, 0.4) is 0 Å². The highest BCUT2D eigenvalue weighted by molar-refractivity contribution is 5.76. The number of piperazine rings is 1. The van der Waals surface area contributed by atoms with Gasteiger partial charge in [-0.3, -0.25) is 9.69 Å². The highest BCUT2D eigenvalue weighted by atomic mass is 16.5. The van der Waals surface area contributed by atoms with Gasteiger partial charge in [0.05, 0.1) is 18.2 Å². The molecule has 0 aromatic carbocycles. The smallest absolute Gasteiger partial charge is 0.222 e. The predicted molar refractivity (Wildman–Crippen MR) is 80.6 cm³/mol. The van der Waals surface area contributed by atoms with E-state index in [2.05, 4.69) is 11.0 Å². The van der Waals surface area contributed by atoms with E-state index < -0.39 is 0 Å². The summed E-state index contributed by atoms with van der Waals surface area (Å²) in [6.45, 7) is 8.00. The summed E-state index contributed by atoms with van der Waals surface area (Å²) in [6.07, 6.45) is 3.97. The van der Waals surface area contributed by atoms with E-state index in [9.17, 15) is 4.79 Å². The molecule has 1 saturated heterocycles. The molecule has 0 aromatic rings. The van der Waals surface area contributed by atoms with Gasteiger partial charge in [-0.05, 0) is 32.1 Å². The van der Waals surface area contributed by atoms with Crippen molar-refractivity contribution in [3.05, 3.63) is 0 Å². The molecule has 1 atom stereocenters. The lowest BCUT2D eigenvalue weighted by atomic mass is 9.79. The molecular weight excluding hydrogens is 266 g/mol. The van der Waals surface area contributed by atoms with Gasteiger partial charge in [0.2, 0.25) is 5.91 Å². The molecule has 5 heteroatoms. The van der Waals surface area contributed by atoms with Crippen LogP contribution in [0.1, 0.15) is 39.5 Å². The molecule has 0 radical (unpaired) electrons. The van der Waals surface area contributed by atoms with E-state index in [1.807, 2.05) is 18.7 Å². The Kier molecular flexibility index (Phi) is 6.01. The van der Waals surface area contributed by atoms with E-state index in [0.717, 1.165) is 52.0 Å². The summed E-state index contributed by atoms with van der Waals surface area (Å²) in [5, 5.41) is 9.10. The van der Waals surface area contributed by atoms with Gasteiger partial charge in [-0.15, -0.1) is 0 Å². The number of amides is 1. The molecule has 21 heavy (non-hydrogen) atoms. The number of rotatable bonds is 6. The number of ether oxygens (including phenoxy) is 1. The lowest BCUT2D eigenvalue weighted by Crippen LogP contribution is -2.52. The van der Waals surface area contributed by atoms with Crippen molar-refractivity contribution in [2.75, 3.05) is 32.8 Å². The summed E-state index contributed by atoms with van der Waals surface area (Å²) >= 11 is 0. The van der Waals surface area contributed by atoms with Crippen molar-refractivity contribution in [1.82, 2.24) is 9.80 Å². The van der Waals surface area contributed by atoms with Crippen LogP contribution >= 0.6 is 0 Å². The fourth-order valence-corrected chi connectivity index (χ4v) is 3.30. The second kappa shape index (κ2) is 7.77. The molecule has 2 aliphatic rings. The Bertz CT molecular complexity index is 379. The van der Waals surface area contributed by atoms with Crippen LogP contribution in [0.5, 0.6) is 0 Å². The maximum absolute atomic E-state index is 12.3. The van der Waals surface area contributed by atoms with Crippen molar-refractivity contribution < 1.29 is 9.53 Å². The molecule has 5 nitrogen and oxygen atoms in total. The highest BCUT2D eigenvalue weighted by Gasteiger charge is 2.33. The fourth-order valence-electron chi connectivity index (χ4n) is 3.30. The first-order valence-corrected chi connectivity index (χ1v) is 8.20. The molecule has 1 saturated carbocycles. The lowest BCUT2D eigenvalue weighted by Gasteiger charge is -2.39. The second-order valence-electron chi connectivity index (χ2n) is 6.09. The third-order valence-corrected chi connectivity index (χ3v) is 4.70. The number of carbonyl (C=O) groups is 1. The molecule has 2 fully saturated rings. The van der Waals surface area contributed by atoms with Crippen LogP contribution < -0.4 is 0 Å². The van der Waals surface area contributed by atoms with Crippen LogP contribution in [-0.4, -0.2) is 60.6 Å². The average Bonchev–Trinajstić information content (AvgIpc) is 2.47. The molecule has 118 valence electrons. The maximum atomic E-state index is 12.3. The number of nitrogens with zero attached hydrogens (tertiary/aromatic N) is 3. The summed E-state index contributed by atoms with van der Waals surface area (Å²) in [4.78, 5) is 16.4. The first-order valence-electron chi connectivity index (χ1n) is 8.20. The summed E-state index contributed by atoms with van der Waals surface area (Å²) in [6, 6.07) is 2.34. The molecule has 1 aliphatic carbocycles. The van der Waals surface area contributed by atoms with Gasteiger partial charge < -0.3 is 9.64 Å². The maximum Gasteiger partial charge on any atom is 0.222 e. The normalized spacial score (nSPS) is 27.8. The Labute approximate surface area is 127 Å². The molecule has 2 rings (SSSR count). The number of hydrogen-bond donors (Lipinski definition) is 0. The Balaban J connectivity index is 1.68. The summed E-state index contributed by atoms with van der Waals surface area (Å²) < 4.78 is 5.54. The van der Waals surface area contributed by atoms with Crippen LogP contribution in [0, 0.1) is 17.2 Å². The Morgan fingerprint density at radius 3 is 2.48 bits per heavy atom. The van der Waals surface area contributed by atoms with Crippen molar-refractivity contribution >= 4 is 5.91 Å². The Morgan fingerprint density at radius 2 is 1.95 bits per heavy atom. The zero-order chi connectivity index (χ0) is 15.2. The summed E-state index contributed by atoms with van der Waals surface area (Å²) in [7, 11) is 0. The van der Waals surface area contributed by atoms with Crippen LogP contribution in [0.2, 0.25) is 0 Å². The minimum Gasteiger partial charge on any atom is -0.378 e. The van der Waals surface area contributed by atoms with Crippen molar-refractivity contribution in [3.63, 3.8) is 0 Å². The first-order chi connectivity index (χ1) is 10.2. The lowest BCUT2D eigenvalue weighted by molar-refractivity contribution is -0.136. The fraction of sp³-hybridized carbons (Fsp3) is 0.875. The van der Waals surface area contributed by atoms with Gasteiger partial charge >= 0.3 is 0 Å². The molecule has 1 aliphatic heterocycles. The van der Waals surface area contributed by atoms with Gasteiger partial charge in [-0.25, -0.2) is 0 Å². The highest BCUT2D eigenvalue weighted by Crippen LogP contribution is 2.33. The van der Waals surface area contributed by atoms with E-state index in [0.29, 0.717) is 18.4 Å². The van der Waals surface area contributed by atoms with E-state index in [4.69, 9.17) is 10.00 Å². The Morgan fingerprint density at radius 1 is 1.29 bits per heavy atom. The van der Waals surface area contributed by atoms with E-state index in [1.54, 1.807) is 0 Å². The van der Waals surface area contributed by atoms with Gasteiger partial charge in [0.1, 0.15) is 0 Å². The second-order valence-corrected chi connectivity index (χ2v) is 6.09. The molecule has 0 aromatic heterocycles. The summed E-state index contributed by atoms with van der Waals surface area (Å²) in [5.41, 5.74) is 0. The molecule has 1 unspecified atom stereocenters. The molecule has 0 bridgehead atoms. The molecule has 1 heterocycles. The van der Waals surface area contributed by atoms with E-state index in [-0.39, 0.29) is 11.9 Å². The van der Waals surface area contributed by atoms with Gasteiger partial charge in [0.25, 0.3) is 0 Å². The third-order valence-electron chi connectivity index (χ3n) is 4.70. The zero-order valence-electron chi connectivity index (χ0n) is 13.3. The average molecular weight is 293 g/mol. The quantitative estimate of drug-likeness (QED) is 0.747. The largest absolute Gasteiger partial charge is 0.378 e. The van der Waals surface area contributed by atoms with Gasteiger partial charge in [0, 0.05) is 39.2 Å². The Hall–Kier alpha value is -1.12. The van der Waals surface area contributed by atoms with Crippen LogP contribution in [0.15, 0.2) is 0 Å². The van der Waals surface area contributed by atoms with Crippen molar-refractivity contribution in [1.29, 1.82) is 5.26 Å². The molecule has 1 amide bonds.